The lowest BCUT2D eigenvalue weighted by Gasteiger charge is -2.22. The van der Waals surface area contributed by atoms with Crippen molar-refractivity contribution in [1.29, 1.82) is 0 Å². The van der Waals surface area contributed by atoms with Gasteiger partial charge in [-0.15, -0.1) is 0 Å². The van der Waals surface area contributed by atoms with E-state index in [9.17, 15) is 19.8 Å². The van der Waals surface area contributed by atoms with Crippen LogP contribution >= 0.6 is 0 Å². The lowest BCUT2D eigenvalue weighted by Crippen LogP contribution is -2.45. The number of carbonyl (C=O) groups is 2. The van der Waals surface area contributed by atoms with Crippen LogP contribution in [0.3, 0.4) is 0 Å². The van der Waals surface area contributed by atoms with Gasteiger partial charge in [0, 0.05) is 12.8 Å². The molecule has 0 fully saturated rings. The molecule has 0 aliphatic heterocycles. The third-order valence-corrected chi connectivity index (χ3v) is 19.9. The minimum absolute atomic E-state index is 0.00966. The highest BCUT2D eigenvalue weighted by molar-refractivity contribution is 5.76. The van der Waals surface area contributed by atoms with E-state index in [4.69, 9.17) is 4.74 Å². The number of hydrogen-bond donors (Lipinski definition) is 3. The molecule has 0 aliphatic carbocycles. The Hall–Kier alpha value is -2.18. The Kier molecular flexibility index (Phi) is 80.3. The molecule has 0 heterocycles. The van der Waals surface area contributed by atoms with Crippen LogP contribution in [0.2, 0.25) is 0 Å². The zero-order valence-corrected chi connectivity index (χ0v) is 63.0. The van der Waals surface area contributed by atoms with Crippen LogP contribution in [0.4, 0.5) is 0 Å². The van der Waals surface area contributed by atoms with Crippen molar-refractivity contribution >= 4 is 11.9 Å². The molecule has 0 saturated heterocycles. The third-order valence-electron chi connectivity index (χ3n) is 19.9. The molecule has 0 rings (SSSR count). The highest BCUT2D eigenvalue weighted by Gasteiger charge is 2.20. The second-order valence-corrected chi connectivity index (χ2v) is 29.2. The van der Waals surface area contributed by atoms with Crippen molar-refractivity contribution in [2.45, 2.75) is 482 Å². The smallest absolute Gasteiger partial charge is 0.305 e. The number of aliphatic hydroxyl groups is 2. The van der Waals surface area contributed by atoms with Crippen LogP contribution in [-0.4, -0.2) is 47.4 Å². The van der Waals surface area contributed by atoms with E-state index in [0.717, 1.165) is 57.8 Å². The van der Waals surface area contributed by atoms with Gasteiger partial charge in [-0.3, -0.25) is 9.59 Å². The molecule has 0 radical (unpaired) electrons. The molecule has 0 spiro atoms. The number of unbranched alkanes of at least 4 members (excludes halogenated alkanes) is 61. The predicted molar refractivity (Wildman–Crippen MR) is 412 cm³/mol. The molecule has 0 aromatic heterocycles. The Balaban J connectivity index is 3.37. The Labute approximate surface area is 582 Å². The van der Waals surface area contributed by atoms with Gasteiger partial charge in [0.1, 0.15) is 0 Å². The first kappa shape index (κ1) is 90.8. The maximum Gasteiger partial charge on any atom is 0.305 e. The fourth-order valence-electron chi connectivity index (χ4n) is 13.4. The van der Waals surface area contributed by atoms with Crippen LogP contribution in [-0.2, 0) is 14.3 Å². The van der Waals surface area contributed by atoms with Gasteiger partial charge >= 0.3 is 5.97 Å². The minimum atomic E-state index is -0.665. The van der Waals surface area contributed by atoms with Gasteiger partial charge in [-0.25, -0.2) is 0 Å². The number of amides is 1. The average Bonchev–Trinajstić information content (AvgIpc) is 3.78. The average molecular weight is 1310 g/mol. The normalized spacial score (nSPS) is 12.7. The summed E-state index contributed by atoms with van der Waals surface area (Å²) in [4.78, 5) is 24.7. The molecule has 1 amide bonds. The van der Waals surface area contributed by atoms with E-state index in [1.807, 2.05) is 0 Å². The molecule has 0 aromatic rings. The highest BCUT2D eigenvalue weighted by atomic mass is 16.5. The standard InChI is InChI=1S/C87H165NO5/c1-3-5-7-9-11-13-15-17-19-21-22-23-24-38-41-44-48-51-55-59-63-67-71-75-79-85(90)84(83-89)88-86(91)80-76-72-68-64-60-56-52-49-45-42-39-36-34-32-30-28-26-25-27-29-31-33-35-37-40-43-46-50-54-58-62-66-70-74-78-82-93-87(92)81-77-73-69-65-61-57-53-47-20-18-16-14-12-10-8-6-4-2/h12,14,18,20,27,29,33,35,84-85,89-90H,3-11,13,15-17,19,21-26,28,30-32,34,36-83H2,1-2H3,(H,88,91)/b14-12-,20-18-,29-27-,35-33-. The molecule has 0 aliphatic rings. The number of nitrogens with one attached hydrogen (secondary N) is 1. The zero-order chi connectivity index (χ0) is 67.0. The lowest BCUT2D eigenvalue weighted by atomic mass is 10.0. The van der Waals surface area contributed by atoms with E-state index >= 15 is 0 Å². The molecular weight excluding hydrogens is 1140 g/mol. The summed E-state index contributed by atoms with van der Waals surface area (Å²) in [6, 6.07) is -0.542. The van der Waals surface area contributed by atoms with E-state index in [1.165, 1.54) is 379 Å². The summed E-state index contributed by atoms with van der Waals surface area (Å²) in [7, 11) is 0. The molecule has 0 bridgehead atoms. The highest BCUT2D eigenvalue weighted by Crippen LogP contribution is 2.20. The van der Waals surface area contributed by atoms with Crippen molar-refractivity contribution in [3.8, 4) is 0 Å². The maximum absolute atomic E-state index is 12.6. The largest absolute Gasteiger partial charge is 0.466 e. The number of allylic oxidation sites excluding steroid dienone is 8. The third kappa shape index (κ3) is 78.7. The molecule has 548 valence electrons. The topological polar surface area (TPSA) is 95.9 Å². The van der Waals surface area contributed by atoms with Crippen molar-refractivity contribution in [1.82, 2.24) is 5.32 Å². The molecule has 2 atom stereocenters. The van der Waals surface area contributed by atoms with E-state index in [2.05, 4.69) is 67.8 Å². The number of carbonyl (C=O) groups excluding carboxylic acids is 2. The van der Waals surface area contributed by atoms with Gasteiger partial charge in [-0.2, -0.15) is 0 Å². The van der Waals surface area contributed by atoms with Crippen molar-refractivity contribution in [2.24, 2.45) is 0 Å². The van der Waals surface area contributed by atoms with Crippen molar-refractivity contribution in [3.05, 3.63) is 48.6 Å². The summed E-state index contributed by atoms with van der Waals surface area (Å²) < 4.78 is 5.50. The van der Waals surface area contributed by atoms with E-state index in [0.29, 0.717) is 25.9 Å². The fraction of sp³-hybridized carbons (Fsp3) is 0.885. The molecule has 3 N–H and O–H groups in total. The summed E-state index contributed by atoms with van der Waals surface area (Å²) >= 11 is 0. The van der Waals surface area contributed by atoms with E-state index < -0.39 is 12.1 Å². The molecule has 6 heteroatoms. The first-order chi connectivity index (χ1) is 46.0. The quantitative estimate of drug-likeness (QED) is 0.0320. The van der Waals surface area contributed by atoms with Crippen LogP contribution in [0.15, 0.2) is 48.6 Å². The molecule has 0 aromatic carbocycles. The van der Waals surface area contributed by atoms with Gasteiger partial charge in [-0.1, -0.05) is 416 Å². The number of rotatable bonds is 80. The second kappa shape index (κ2) is 82.2. The van der Waals surface area contributed by atoms with E-state index in [1.54, 1.807) is 0 Å². The van der Waals surface area contributed by atoms with Crippen molar-refractivity contribution < 1.29 is 24.5 Å². The van der Waals surface area contributed by atoms with Crippen molar-refractivity contribution in [3.63, 3.8) is 0 Å². The Morgan fingerprint density at radius 3 is 0.839 bits per heavy atom. The molecule has 0 saturated carbocycles. The SMILES string of the molecule is CCCCC/C=C\C/C=C\CCCCCCCCCC(=O)OCCCCCCCCCCCCC/C=C\C/C=C\CCCCCCCCCCCCCCCCCCCC(=O)NC(CO)C(O)CCCCCCCCCCCCCCCCCCCCCCCCCC. The molecule has 93 heavy (non-hydrogen) atoms. The van der Waals surface area contributed by atoms with Gasteiger partial charge in [-0.05, 0) is 89.9 Å². The summed E-state index contributed by atoms with van der Waals surface area (Å²) in [6.07, 6.45) is 109. The Morgan fingerprint density at radius 2 is 0.538 bits per heavy atom. The Morgan fingerprint density at radius 1 is 0.301 bits per heavy atom. The number of ether oxygens (including phenoxy) is 1. The lowest BCUT2D eigenvalue weighted by molar-refractivity contribution is -0.143. The summed E-state index contributed by atoms with van der Waals surface area (Å²) in [5.74, 6) is -0.0175. The fourth-order valence-corrected chi connectivity index (χ4v) is 13.4. The second-order valence-electron chi connectivity index (χ2n) is 29.2. The van der Waals surface area contributed by atoms with E-state index in [-0.39, 0.29) is 18.5 Å². The Bertz CT molecular complexity index is 1550. The monoisotopic (exact) mass is 1300 g/mol. The summed E-state index contributed by atoms with van der Waals surface area (Å²) in [6.45, 7) is 4.97. The van der Waals surface area contributed by atoms with Crippen molar-refractivity contribution in [2.75, 3.05) is 13.2 Å². The van der Waals surface area contributed by atoms with Gasteiger partial charge < -0.3 is 20.3 Å². The summed E-state index contributed by atoms with van der Waals surface area (Å²) in [5.41, 5.74) is 0. The zero-order valence-electron chi connectivity index (χ0n) is 63.0. The number of hydrogen-bond acceptors (Lipinski definition) is 5. The van der Waals surface area contributed by atoms with Gasteiger partial charge in [0.2, 0.25) is 5.91 Å². The number of aliphatic hydroxyl groups excluding tert-OH is 2. The molecule has 2 unspecified atom stereocenters. The van der Waals surface area contributed by atoms with Crippen LogP contribution in [0, 0.1) is 0 Å². The molecule has 6 nitrogen and oxygen atoms in total. The first-order valence-corrected chi connectivity index (χ1v) is 42.4. The first-order valence-electron chi connectivity index (χ1n) is 42.4. The van der Waals surface area contributed by atoms with Crippen LogP contribution < -0.4 is 5.32 Å². The van der Waals surface area contributed by atoms with Crippen LogP contribution in [0.25, 0.3) is 0 Å². The summed E-state index contributed by atoms with van der Waals surface area (Å²) in [5, 5.41) is 23.5. The number of esters is 1. The maximum atomic E-state index is 12.6. The molecular formula is C87H165NO5. The minimum Gasteiger partial charge on any atom is -0.466 e. The van der Waals surface area contributed by atoms with Gasteiger partial charge in [0.15, 0.2) is 0 Å². The predicted octanol–water partition coefficient (Wildman–Crippen LogP) is 28.3. The van der Waals surface area contributed by atoms with Gasteiger partial charge in [0.25, 0.3) is 0 Å². The van der Waals surface area contributed by atoms with Gasteiger partial charge in [0.05, 0.1) is 25.4 Å². The van der Waals surface area contributed by atoms with Crippen LogP contribution in [0.1, 0.15) is 470 Å². The van der Waals surface area contributed by atoms with Crippen LogP contribution in [0.5, 0.6) is 0 Å².